The van der Waals surface area contributed by atoms with Gasteiger partial charge in [-0.05, 0) is 103 Å². The summed E-state index contributed by atoms with van der Waals surface area (Å²) in [5.74, 6) is -1.40. The Morgan fingerprint density at radius 2 is 1.58 bits per heavy atom. The summed E-state index contributed by atoms with van der Waals surface area (Å²) in [4.78, 5) is 34.2. The number of nitrogens with zero attached hydrogens (tertiary/aromatic N) is 3. The smallest absolute Gasteiger partial charge is 0.489 e. The van der Waals surface area contributed by atoms with Crippen LogP contribution in [0.2, 0.25) is 0 Å². The van der Waals surface area contributed by atoms with Crippen molar-refractivity contribution in [1.29, 1.82) is 0 Å². The quantitative estimate of drug-likeness (QED) is 0.111. The average Bonchev–Trinajstić information content (AvgIpc) is 3.60. The predicted molar refractivity (Wildman–Crippen MR) is 196 cm³/mol. The normalized spacial score (nSPS) is 14.1. The zero-order valence-electron chi connectivity index (χ0n) is 29.5. The third-order valence-corrected chi connectivity index (χ3v) is 9.64. The van der Waals surface area contributed by atoms with Gasteiger partial charge in [0.05, 0.1) is 5.56 Å². The van der Waals surface area contributed by atoms with Crippen LogP contribution in [0, 0.1) is 0 Å². The molecule has 0 saturated carbocycles. The number of hydrogen-bond acceptors (Lipinski definition) is 8. The maximum atomic E-state index is 12.7. The van der Waals surface area contributed by atoms with Gasteiger partial charge in [-0.25, -0.2) is 19.6 Å². The summed E-state index contributed by atoms with van der Waals surface area (Å²) >= 11 is 0. The number of oxazole rings is 1. The van der Waals surface area contributed by atoms with Gasteiger partial charge in [0.1, 0.15) is 29.3 Å². The molecule has 13 heteroatoms. The summed E-state index contributed by atoms with van der Waals surface area (Å²) in [5.41, 5.74) is 6.25. The van der Waals surface area contributed by atoms with E-state index < -0.39 is 18.3 Å². The van der Waals surface area contributed by atoms with E-state index in [0.29, 0.717) is 43.5 Å². The van der Waals surface area contributed by atoms with E-state index in [1.54, 1.807) is 18.2 Å². The molecule has 0 amide bonds. The Hall–Kier alpha value is -6.21. The third kappa shape index (κ3) is 9.13. The number of rotatable bonds is 14. The lowest BCUT2D eigenvalue weighted by atomic mass is 9.89. The molecule has 0 bridgehead atoms. The van der Waals surface area contributed by atoms with Crippen molar-refractivity contribution < 1.29 is 46.9 Å². The molecule has 282 valence electrons. The maximum Gasteiger partial charge on any atom is 0.573 e. The van der Waals surface area contributed by atoms with Crippen molar-refractivity contribution in [2.24, 2.45) is 0 Å². The molecule has 1 aliphatic rings. The van der Waals surface area contributed by atoms with Gasteiger partial charge in [0.25, 0.3) is 0 Å². The fourth-order valence-electron chi connectivity index (χ4n) is 6.89. The highest BCUT2D eigenvalue weighted by atomic mass is 19.4. The molecule has 55 heavy (non-hydrogen) atoms. The summed E-state index contributed by atoms with van der Waals surface area (Å²) in [5, 5.41) is 18.9. The van der Waals surface area contributed by atoms with Crippen LogP contribution in [0.5, 0.6) is 11.5 Å². The zero-order chi connectivity index (χ0) is 38.5. The first-order valence-corrected chi connectivity index (χ1v) is 17.7. The Labute approximate surface area is 313 Å². The lowest BCUT2D eigenvalue weighted by molar-refractivity contribution is -0.274. The van der Waals surface area contributed by atoms with Crippen LogP contribution in [0.4, 0.5) is 13.2 Å². The Balaban J connectivity index is 1.04. The fourth-order valence-corrected chi connectivity index (χ4v) is 6.89. The number of carbonyl (C=O) groups is 2. The molecule has 2 N–H and O–H groups in total. The minimum absolute atomic E-state index is 0.0282. The molecule has 2 aromatic heterocycles. The van der Waals surface area contributed by atoms with Crippen molar-refractivity contribution in [2.75, 3.05) is 13.1 Å². The lowest BCUT2D eigenvalue weighted by Gasteiger charge is -2.36. The van der Waals surface area contributed by atoms with Gasteiger partial charge in [0.2, 0.25) is 5.89 Å². The van der Waals surface area contributed by atoms with Crippen molar-refractivity contribution in [3.63, 3.8) is 0 Å². The van der Waals surface area contributed by atoms with Crippen LogP contribution in [0.1, 0.15) is 67.7 Å². The van der Waals surface area contributed by atoms with Gasteiger partial charge < -0.3 is 24.1 Å². The predicted octanol–water partition coefficient (Wildman–Crippen LogP) is 8.93. The SMILES string of the molecule is O=C(O)c1ccc(CCN(CCc2ccccc2OCc2ccc(-c3nc4cc(OC(F)(F)F)ccc4o3)cc2)C2CCCc3nc(C(=O)O)ccc32)cc1. The van der Waals surface area contributed by atoms with E-state index in [1.165, 1.54) is 18.2 Å². The van der Waals surface area contributed by atoms with Gasteiger partial charge in [-0.3, -0.25) is 4.90 Å². The highest BCUT2D eigenvalue weighted by Crippen LogP contribution is 2.35. The van der Waals surface area contributed by atoms with E-state index in [1.807, 2.05) is 66.7 Å². The van der Waals surface area contributed by atoms with Crippen molar-refractivity contribution in [1.82, 2.24) is 14.9 Å². The summed E-state index contributed by atoms with van der Waals surface area (Å²) in [6.45, 7) is 1.66. The standard InChI is InChI=1S/C42H36F3N3O7/c43-42(44,45)55-31-16-19-38-35(24-31)47-39(54-38)29-12-10-27(11-13-29)25-53-37-7-2-1-4-28(37)21-23-48(22-20-26-8-14-30(15-9-26)40(49)50)36-6-3-5-33-32(36)17-18-34(46-33)41(51)52/h1-2,4,7-19,24,36H,3,5-6,20-23,25H2,(H,49,50)(H,51,52). The number of fused-ring (bicyclic) bond motifs is 2. The molecule has 1 atom stereocenters. The molecule has 0 fully saturated rings. The molecule has 1 unspecified atom stereocenters. The number of benzene rings is 4. The molecular weight excluding hydrogens is 715 g/mol. The van der Waals surface area contributed by atoms with Crippen LogP contribution in [-0.2, 0) is 25.9 Å². The van der Waals surface area contributed by atoms with E-state index in [9.17, 15) is 33.0 Å². The first-order chi connectivity index (χ1) is 26.5. The number of carboxylic acid groups (broad SMARTS) is 2. The van der Waals surface area contributed by atoms with Crippen LogP contribution in [-0.4, -0.2) is 56.5 Å². The number of alkyl halides is 3. The van der Waals surface area contributed by atoms with Crippen LogP contribution in [0.25, 0.3) is 22.6 Å². The molecule has 0 aliphatic heterocycles. The summed E-state index contributed by atoms with van der Waals surface area (Å²) in [6.07, 6.45) is -0.961. The number of halogens is 3. The average molecular weight is 752 g/mol. The van der Waals surface area contributed by atoms with Crippen LogP contribution in [0.3, 0.4) is 0 Å². The number of carboxylic acids is 2. The summed E-state index contributed by atoms with van der Waals surface area (Å²) in [7, 11) is 0. The van der Waals surface area contributed by atoms with Gasteiger partial charge in [0, 0.05) is 36.5 Å². The highest BCUT2D eigenvalue weighted by Gasteiger charge is 2.31. The first-order valence-electron chi connectivity index (χ1n) is 17.7. The second-order valence-corrected chi connectivity index (χ2v) is 13.3. The lowest BCUT2D eigenvalue weighted by Crippen LogP contribution is -2.35. The first kappa shape index (κ1) is 37.1. The number of ether oxygens (including phenoxy) is 2. The van der Waals surface area contributed by atoms with E-state index in [-0.39, 0.29) is 41.1 Å². The van der Waals surface area contributed by atoms with E-state index in [0.717, 1.165) is 46.5 Å². The van der Waals surface area contributed by atoms with Gasteiger partial charge in [-0.15, -0.1) is 13.2 Å². The monoisotopic (exact) mass is 751 g/mol. The van der Waals surface area contributed by atoms with Crippen molar-refractivity contribution in [3.8, 4) is 23.0 Å². The molecule has 10 nitrogen and oxygen atoms in total. The minimum Gasteiger partial charge on any atom is -0.489 e. The molecular formula is C42H36F3N3O7. The molecule has 2 heterocycles. The molecule has 0 spiro atoms. The molecule has 4 aromatic carbocycles. The summed E-state index contributed by atoms with van der Waals surface area (Å²) in [6, 6.07) is 29.4. The van der Waals surface area contributed by atoms with Gasteiger partial charge in [-0.1, -0.05) is 48.5 Å². The van der Waals surface area contributed by atoms with Crippen LogP contribution in [0.15, 0.2) is 108 Å². The van der Waals surface area contributed by atoms with Crippen molar-refractivity contribution in [2.45, 2.75) is 51.1 Å². The van der Waals surface area contributed by atoms with Crippen molar-refractivity contribution >= 4 is 23.0 Å². The largest absolute Gasteiger partial charge is 0.573 e. The number of hydrogen-bond donors (Lipinski definition) is 2. The van der Waals surface area contributed by atoms with Gasteiger partial charge in [0.15, 0.2) is 5.58 Å². The second-order valence-electron chi connectivity index (χ2n) is 13.3. The van der Waals surface area contributed by atoms with Crippen molar-refractivity contribution in [3.05, 3.63) is 142 Å². The number of aromatic carboxylic acids is 2. The topological polar surface area (TPSA) is 135 Å². The highest BCUT2D eigenvalue weighted by molar-refractivity contribution is 5.87. The fraction of sp³-hybridized carbons (Fsp3) is 0.238. The number of aryl methyl sites for hydroxylation is 1. The number of pyridine rings is 1. The molecule has 7 rings (SSSR count). The Morgan fingerprint density at radius 3 is 2.33 bits per heavy atom. The van der Waals surface area contributed by atoms with E-state index >= 15 is 0 Å². The van der Waals surface area contributed by atoms with E-state index in [4.69, 9.17) is 9.15 Å². The van der Waals surface area contributed by atoms with E-state index in [2.05, 4.69) is 19.6 Å². The Bertz CT molecular complexity index is 2310. The third-order valence-electron chi connectivity index (χ3n) is 9.64. The molecule has 0 saturated heterocycles. The van der Waals surface area contributed by atoms with Crippen LogP contribution >= 0.6 is 0 Å². The zero-order valence-corrected chi connectivity index (χ0v) is 29.5. The van der Waals surface area contributed by atoms with Gasteiger partial charge in [-0.2, -0.15) is 0 Å². The Kier molecular flexibility index (Phi) is 10.8. The Morgan fingerprint density at radius 1 is 0.836 bits per heavy atom. The number of aromatic nitrogens is 2. The molecule has 1 aliphatic carbocycles. The van der Waals surface area contributed by atoms with Gasteiger partial charge >= 0.3 is 18.3 Å². The summed E-state index contributed by atoms with van der Waals surface area (Å²) < 4.78 is 54.1. The maximum absolute atomic E-state index is 12.7. The second kappa shape index (κ2) is 16.0. The minimum atomic E-state index is -4.81. The molecule has 6 aromatic rings. The van der Waals surface area contributed by atoms with Crippen LogP contribution < -0.4 is 9.47 Å². The number of para-hydroxylation sites is 1. The molecule has 0 radical (unpaired) electrons.